The predicted octanol–water partition coefficient (Wildman–Crippen LogP) is 3.12. The van der Waals surface area contributed by atoms with Gasteiger partial charge in [0, 0.05) is 13.0 Å². The van der Waals surface area contributed by atoms with Crippen LogP contribution in [0.1, 0.15) is 54.1 Å². The minimum absolute atomic E-state index is 0.181. The fraction of sp³-hybridized carbons (Fsp3) is 0.500. The van der Waals surface area contributed by atoms with Crippen LogP contribution >= 0.6 is 0 Å². The molecule has 4 heteroatoms. The number of rotatable bonds is 6. The van der Waals surface area contributed by atoms with Gasteiger partial charge in [0.25, 0.3) is 0 Å². The first kappa shape index (κ1) is 14.7. The van der Waals surface area contributed by atoms with E-state index in [0.29, 0.717) is 18.9 Å². The van der Waals surface area contributed by atoms with Gasteiger partial charge in [0.15, 0.2) is 5.82 Å². The van der Waals surface area contributed by atoms with E-state index in [1.165, 1.54) is 16.7 Å². The maximum Gasteiger partial charge on any atom is 0.231 e. The molecule has 1 aromatic heterocycles. The SMILES string of the molecule is CCCC(CN)c1nc(Cc2ccc(C)c(C)c2)no1. The van der Waals surface area contributed by atoms with Crippen LogP contribution in [0.3, 0.4) is 0 Å². The van der Waals surface area contributed by atoms with Crippen molar-refractivity contribution in [3.63, 3.8) is 0 Å². The molecule has 2 aromatic rings. The number of nitrogens with two attached hydrogens (primary N) is 1. The van der Waals surface area contributed by atoms with Gasteiger partial charge in [0.1, 0.15) is 0 Å². The van der Waals surface area contributed by atoms with E-state index in [1.54, 1.807) is 0 Å². The highest BCUT2D eigenvalue weighted by atomic mass is 16.5. The summed E-state index contributed by atoms with van der Waals surface area (Å²) < 4.78 is 5.36. The lowest BCUT2D eigenvalue weighted by molar-refractivity contribution is 0.344. The van der Waals surface area contributed by atoms with E-state index < -0.39 is 0 Å². The van der Waals surface area contributed by atoms with Crippen LogP contribution in [-0.4, -0.2) is 16.7 Å². The molecule has 1 aromatic carbocycles. The van der Waals surface area contributed by atoms with Crippen LogP contribution < -0.4 is 5.73 Å². The molecule has 0 fully saturated rings. The van der Waals surface area contributed by atoms with Gasteiger partial charge in [0.05, 0.1) is 5.92 Å². The molecule has 108 valence electrons. The summed E-state index contributed by atoms with van der Waals surface area (Å²) in [5, 5.41) is 4.07. The Balaban J connectivity index is 2.10. The molecule has 0 aliphatic rings. The lowest BCUT2D eigenvalue weighted by atomic mass is 10.0. The van der Waals surface area contributed by atoms with Gasteiger partial charge in [-0.25, -0.2) is 0 Å². The van der Waals surface area contributed by atoms with E-state index in [4.69, 9.17) is 10.3 Å². The Morgan fingerprint density at radius 2 is 2.05 bits per heavy atom. The van der Waals surface area contributed by atoms with Crippen molar-refractivity contribution in [3.05, 3.63) is 46.6 Å². The Morgan fingerprint density at radius 1 is 1.25 bits per heavy atom. The molecular weight excluding hydrogens is 250 g/mol. The van der Waals surface area contributed by atoms with Gasteiger partial charge in [-0.15, -0.1) is 0 Å². The lowest BCUT2D eigenvalue weighted by Crippen LogP contribution is -2.12. The molecule has 0 aliphatic heterocycles. The quantitative estimate of drug-likeness (QED) is 0.878. The average molecular weight is 273 g/mol. The fourth-order valence-corrected chi connectivity index (χ4v) is 2.29. The number of benzene rings is 1. The summed E-state index contributed by atoms with van der Waals surface area (Å²) in [6.45, 7) is 6.92. The van der Waals surface area contributed by atoms with Gasteiger partial charge < -0.3 is 10.3 Å². The summed E-state index contributed by atoms with van der Waals surface area (Å²) >= 11 is 0. The second-order valence-electron chi connectivity index (χ2n) is 5.37. The van der Waals surface area contributed by atoms with Crippen LogP contribution in [0.25, 0.3) is 0 Å². The fourth-order valence-electron chi connectivity index (χ4n) is 2.29. The van der Waals surface area contributed by atoms with Gasteiger partial charge in [-0.2, -0.15) is 4.98 Å². The average Bonchev–Trinajstić information content (AvgIpc) is 2.88. The molecule has 0 bridgehead atoms. The molecule has 4 nitrogen and oxygen atoms in total. The van der Waals surface area contributed by atoms with Crippen LogP contribution in [0.15, 0.2) is 22.7 Å². The topological polar surface area (TPSA) is 64.9 Å². The van der Waals surface area contributed by atoms with Crippen LogP contribution in [0.5, 0.6) is 0 Å². The minimum Gasteiger partial charge on any atom is -0.339 e. The van der Waals surface area contributed by atoms with Gasteiger partial charge in [-0.05, 0) is 37.0 Å². The first-order chi connectivity index (χ1) is 9.63. The van der Waals surface area contributed by atoms with E-state index in [2.05, 4.69) is 49.1 Å². The van der Waals surface area contributed by atoms with E-state index in [1.807, 2.05) is 0 Å². The Labute approximate surface area is 120 Å². The van der Waals surface area contributed by atoms with Crippen molar-refractivity contribution in [1.82, 2.24) is 10.1 Å². The normalized spacial score (nSPS) is 12.6. The van der Waals surface area contributed by atoms with Gasteiger partial charge in [-0.3, -0.25) is 0 Å². The summed E-state index contributed by atoms with van der Waals surface area (Å²) in [5.74, 6) is 1.59. The molecule has 1 atom stereocenters. The summed E-state index contributed by atoms with van der Waals surface area (Å²) in [6, 6.07) is 6.42. The molecular formula is C16H23N3O. The number of hydrogen-bond acceptors (Lipinski definition) is 4. The van der Waals surface area contributed by atoms with Gasteiger partial charge >= 0.3 is 0 Å². The molecule has 0 saturated heterocycles. The smallest absolute Gasteiger partial charge is 0.231 e. The lowest BCUT2D eigenvalue weighted by Gasteiger charge is -2.06. The highest BCUT2D eigenvalue weighted by Crippen LogP contribution is 2.19. The van der Waals surface area contributed by atoms with Crippen LogP contribution in [0.4, 0.5) is 0 Å². The number of aromatic nitrogens is 2. The number of nitrogens with zero attached hydrogens (tertiary/aromatic N) is 2. The molecule has 20 heavy (non-hydrogen) atoms. The van der Waals surface area contributed by atoms with E-state index in [0.717, 1.165) is 18.7 Å². The van der Waals surface area contributed by atoms with Crippen molar-refractivity contribution < 1.29 is 4.52 Å². The molecule has 1 unspecified atom stereocenters. The third kappa shape index (κ3) is 3.45. The Bertz CT molecular complexity index is 563. The summed E-state index contributed by atoms with van der Waals surface area (Å²) in [7, 11) is 0. The summed E-state index contributed by atoms with van der Waals surface area (Å²) in [4.78, 5) is 4.49. The van der Waals surface area contributed by atoms with E-state index in [-0.39, 0.29) is 5.92 Å². The zero-order valence-corrected chi connectivity index (χ0v) is 12.5. The first-order valence-electron chi connectivity index (χ1n) is 7.22. The number of hydrogen-bond donors (Lipinski definition) is 1. The highest BCUT2D eigenvalue weighted by Gasteiger charge is 2.16. The van der Waals surface area contributed by atoms with Crippen molar-refractivity contribution in [2.45, 2.75) is 46.0 Å². The first-order valence-corrected chi connectivity index (χ1v) is 7.22. The molecule has 1 heterocycles. The van der Waals surface area contributed by atoms with Crippen molar-refractivity contribution >= 4 is 0 Å². The second kappa shape index (κ2) is 6.66. The predicted molar refractivity (Wildman–Crippen MR) is 79.7 cm³/mol. The van der Waals surface area contributed by atoms with Gasteiger partial charge in [-0.1, -0.05) is 36.7 Å². The zero-order valence-electron chi connectivity index (χ0n) is 12.5. The summed E-state index contributed by atoms with van der Waals surface area (Å²) in [5.41, 5.74) is 9.56. The zero-order chi connectivity index (χ0) is 14.5. The molecule has 0 aliphatic carbocycles. The molecule has 0 saturated carbocycles. The van der Waals surface area contributed by atoms with E-state index >= 15 is 0 Å². The third-order valence-electron chi connectivity index (χ3n) is 3.69. The molecule has 2 rings (SSSR count). The van der Waals surface area contributed by atoms with Crippen molar-refractivity contribution in [1.29, 1.82) is 0 Å². The van der Waals surface area contributed by atoms with Crippen molar-refractivity contribution in [2.75, 3.05) is 6.54 Å². The summed E-state index contributed by atoms with van der Waals surface area (Å²) in [6.07, 6.45) is 2.76. The maximum absolute atomic E-state index is 5.76. The Morgan fingerprint density at radius 3 is 2.70 bits per heavy atom. The Kier molecular flexibility index (Phi) is 4.90. The minimum atomic E-state index is 0.181. The molecule has 0 amide bonds. The van der Waals surface area contributed by atoms with E-state index in [9.17, 15) is 0 Å². The third-order valence-corrected chi connectivity index (χ3v) is 3.69. The molecule has 0 radical (unpaired) electrons. The second-order valence-corrected chi connectivity index (χ2v) is 5.37. The van der Waals surface area contributed by atoms with Crippen LogP contribution in [-0.2, 0) is 6.42 Å². The highest BCUT2D eigenvalue weighted by molar-refractivity contribution is 5.31. The maximum atomic E-state index is 5.76. The van der Waals surface area contributed by atoms with Crippen LogP contribution in [0.2, 0.25) is 0 Å². The molecule has 0 spiro atoms. The van der Waals surface area contributed by atoms with Gasteiger partial charge in [0.2, 0.25) is 5.89 Å². The van der Waals surface area contributed by atoms with Crippen LogP contribution in [0, 0.1) is 13.8 Å². The van der Waals surface area contributed by atoms with Crippen molar-refractivity contribution in [3.8, 4) is 0 Å². The number of aryl methyl sites for hydroxylation is 2. The molecule has 2 N–H and O–H groups in total. The van der Waals surface area contributed by atoms with Crippen molar-refractivity contribution in [2.24, 2.45) is 5.73 Å². The Hall–Kier alpha value is -1.68. The standard InChI is InChI=1S/C16H23N3O/c1-4-5-14(10-17)16-18-15(19-20-16)9-13-7-6-11(2)12(3)8-13/h6-8,14H,4-5,9-10,17H2,1-3H3. The largest absolute Gasteiger partial charge is 0.339 e. The monoisotopic (exact) mass is 273 g/mol.